The molecule has 0 aliphatic carbocycles. The van der Waals surface area contributed by atoms with Gasteiger partial charge in [-0.25, -0.2) is 4.79 Å². The van der Waals surface area contributed by atoms with Crippen LogP contribution in [0.5, 0.6) is 0 Å². The van der Waals surface area contributed by atoms with Gasteiger partial charge in [0.15, 0.2) is 0 Å². The molecule has 1 rings (SSSR count). The maximum absolute atomic E-state index is 10.2. The smallest absolute Gasteiger partial charge is 0.353 e. The van der Waals surface area contributed by atoms with Crippen LogP contribution in [0.15, 0.2) is 5.16 Å². The SMILES string of the molecule is CC1=NOC(=O)CN1. The first-order valence-corrected chi connectivity index (χ1v) is 2.27. The molecule has 0 bridgehead atoms. The second-order valence-electron chi connectivity index (χ2n) is 1.49. The third kappa shape index (κ3) is 0.959. The van der Waals surface area contributed by atoms with Crippen LogP contribution in [0.25, 0.3) is 0 Å². The van der Waals surface area contributed by atoms with Gasteiger partial charge in [-0.15, -0.1) is 0 Å². The molecule has 4 nitrogen and oxygen atoms in total. The molecule has 0 saturated heterocycles. The number of nitrogens with one attached hydrogen (secondary N) is 1. The second-order valence-corrected chi connectivity index (χ2v) is 1.49. The Balaban J connectivity index is 2.55. The predicted octanol–water partition coefficient (Wildman–Crippen LogP) is -0.534. The Bertz CT molecular complexity index is 141. The highest BCUT2D eigenvalue weighted by molar-refractivity contribution is 5.86. The van der Waals surface area contributed by atoms with Crippen LogP contribution in [0.3, 0.4) is 0 Å². The Morgan fingerprint density at radius 3 is 3.00 bits per heavy atom. The van der Waals surface area contributed by atoms with Gasteiger partial charge in [-0.3, -0.25) is 0 Å². The lowest BCUT2D eigenvalue weighted by Crippen LogP contribution is -2.32. The number of amidine groups is 1. The molecule has 0 radical (unpaired) electrons. The summed E-state index contributed by atoms with van der Waals surface area (Å²) in [6, 6.07) is 0. The van der Waals surface area contributed by atoms with Crippen molar-refractivity contribution in [2.24, 2.45) is 5.16 Å². The van der Waals surface area contributed by atoms with Crippen LogP contribution in [0, 0.1) is 0 Å². The van der Waals surface area contributed by atoms with Gasteiger partial charge in [-0.05, 0) is 6.92 Å². The molecule has 0 saturated carbocycles. The number of carbonyl (C=O) groups excluding carboxylic acids is 1. The van der Waals surface area contributed by atoms with E-state index in [-0.39, 0.29) is 12.5 Å². The first-order chi connectivity index (χ1) is 3.79. The number of hydrogen-bond donors (Lipinski definition) is 1. The van der Waals surface area contributed by atoms with Crippen LogP contribution in [0.1, 0.15) is 6.92 Å². The summed E-state index contributed by atoms with van der Waals surface area (Å²) in [7, 11) is 0. The van der Waals surface area contributed by atoms with Crippen molar-refractivity contribution in [3.8, 4) is 0 Å². The van der Waals surface area contributed by atoms with Gasteiger partial charge in [0.25, 0.3) is 0 Å². The quantitative estimate of drug-likeness (QED) is 0.430. The van der Waals surface area contributed by atoms with Gasteiger partial charge in [-0.1, -0.05) is 5.16 Å². The van der Waals surface area contributed by atoms with Gasteiger partial charge in [0.2, 0.25) is 0 Å². The summed E-state index contributed by atoms with van der Waals surface area (Å²) >= 11 is 0. The number of rotatable bonds is 0. The van der Waals surface area contributed by atoms with E-state index in [0.29, 0.717) is 5.84 Å². The zero-order valence-electron chi connectivity index (χ0n) is 4.47. The van der Waals surface area contributed by atoms with Crippen molar-refractivity contribution in [1.82, 2.24) is 5.32 Å². The van der Waals surface area contributed by atoms with Crippen molar-refractivity contribution < 1.29 is 9.63 Å². The Morgan fingerprint density at radius 1 is 1.88 bits per heavy atom. The summed E-state index contributed by atoms with van der Waals surface area (Å²) in [6.07, 6.45) is 0. The number of hydrogen-bond acceptors (Lipinski definition) is 4. The van der Waals surface area contributed by atoms with E-state index in [1.807, 2.05) is 0 Å². The minimum absolute atomic E-state index is 0.231. The summed E-state index contributed by atoms with van der Waals surface area (Å²) in [4.78, 5) is 14.5. The van der Waals surface area contributed by atoms with E-state index in [1.165, 1.54) is 0 Å². The Labute approximate surface area is 46.5 Å². The minimum Gasteiger partial charge on any atom is -0.360 e. The number of oxime groups is 1. The molecule has 0 spiro atoms. The topological polar surface area (TPSA) is 50.7 Å². The molecule has 0 aromatic carbocycles. The molecular formula is C4H6N2O2. The lowest BCUT2D eigenvalue weighted by molar-refractivity contribution is -0.143. The summed E-state index contributed by atoms with van der Waals surface area (Å²) in [5, 5.41) is 6.07. The van der Waals surface area contributed by atoms with Crippen LogP contribution in [-0.4, -0.2) is 18.3 Å². The van der Waals surface area contributed by atoms with Crippen LogP contribution in [0.2, 0.25) is 0 Å². The van der Waals surface area contributed by atoms with E-state index in [2.05, 4.69) is 15.3 Å². The summed E-state index contributed by atoms with van der Waals surface area (Å²) < 4.78 is 0. The molecule has 4 heteroatoms. The lowest BCUT2D eigenvalue weighted by Gasteiger charge is -2.07. The molecule has 0 fully saturated rings. The summed E-state index contributed by atoms with van der Waals surface area (Å²) in [5.74, 6) is 0.306. The van der Waals surface area contributed by atoms with Crippen molar-refractivity contribution >= 4 is 11.8 Å². The molecule has 1 N–H and O–H groups in total. The average molecular weight is 114 g/mol. The lowest BCUT2D eigenvalue weighted by atomic mass is 10.6. The van der Waals surface area contributed by atoms with Crippen molar-refractivity contribution in [1.29, 1.82) is 0 Å². The molecule has 1 aliphatic rings. The van der Waals surface area contributed by atoms with E-state index >= 15 is 0 Å². The second kappa shape index (κ2) is 1.81. The third-order valence-corrected chi connectivity index (χ3v) is 0.773. The van der Waals surface area contributed by atoms with Crippen LogP contribution >= 0.6 is 0 Å². The molecule has 0 aromatic rings. The Kier molecular flexibility index (Phi) is 1.15. The van der Waals surface area contributed by atoms with Gasteiger partial charge >= 0.3 is 5.97 Å². The Hall–Kier alpha value is -1.06. The van der Waals surface area contributed by atoms with Gasteiger partial charge in [0.05, 0.1) is 0 Å². The van der Waals surface area contributed by atoms with Crippen LogP contribution in [0.4, 0.5) is 0 Å². The van der Waals surface area contributed by atoms with E-state index < -0.39 is 0 Å². The Morgan fingerprint density at radius 2 is 2.62 bits per heavy atom. The average Bonchev–Trinajstić information content (AvgIpc) is 1.77. The molecule has 44 valence electrons. The largest absolute Gasteiger partial charge is 0.360 e. The fourth-order valence-corrected chi connectivity index (χ4v) is 0.384. The zero-order chi connectivity index (χ0) is 5.98. The zero-order valence-corrected chi connectivity index (χ0v) is 4.47. The van der Waals surface area contributed by atoms with E-state index in [1.54, 1.807) is 6.92 Å². The van der Waals surface area contributed by atoms with Gasteiger partial charge in [-0.2, -0.15) is 0 Å². The molecule has 0 unspecified atom stereocenters. The fourth-order valence-electron chi connectivity index (χ4n) is 0.384. The normalized spacial score (nSPS) is 18.6. The standard InChI is InChI=1S/C4H6N2O2/c1-3-5-2-4(7)8-6-3/h2H2,1H3,(H,5,6). The summed E-state index contributed by atoms with van der Waals surface area (Å²) in [5.41, 5.74) is 0. The van der Waals surface area contributed by atoms with Crippen molar-refractivity contribution in [3.05, 3.63) is 0 Å². The molecule has 0 amide bonds. The first kappa shape index (κ1) is 5.08. The van der Waals surface area contributed by atoms with Gasteiger partial charge in [0.1, 0.15) is 12.4 Å². The third-order valence-electron chi connectivity index (χ3n) is 0.773. The van der Waals surface area contributed by atoms with Gasteiger partial charge in [0, 0.05) is 0 Å². The molecule has 1 heterocycles. The van der Waals surface area contributed by atoms with Crippen molar-refractivity contribution in [2.75, 3.05) is 6.54 Å². The molecule has 0 aromatic heterocycles. The van der Waals surface area contributed by atoms with Gasteiger partial charge < -0.3 is 10.2 Å². The maximum Gasteiger partial charge on any atom is 0.353 e. The molecule has 1 aliphatic heterocycles. The van der Waals surface area contributed by atoms with E-state index in [0.717, 1.165) is 0 Å². The van der Waals surface area contributed by atoms with Crippen LogP contribution < -0.4 is 5.32 Å². The predicted molar refractivity (Wildman–Crippen MR) is 27.2 cm³/mol. The minimum atomic E-state index is -0.337. The highest BCUT2D eigenvalue weighted by Crippen LogP contribution is 1.85. The highest BCUT2D eigenvalue weighted by Gasteiger charge is 2.07. The number of nitrogens with zero attached hydrogens (tertiary/aromatic N) is 1. The summed E-state index contributed by atoms with van der Waals surface area (Å²) in [6.45, 7) is 1.96. The highest BCUT2D eigenvalue weighted by atomic mass is 16.7. The fraction of sp³-hybridized carbons (Fsp3) is 0.500. The van der Waals surface area contributed by atoms with Crippen molar-refractivity contribution in [3.63, 3.8) is 0 Å². The maximum atomic E-state index is 10.2. The van der Waals surface area contributed by atoms with E-state index in [9.17, 15) is 4.79 Å². The first-order valence-electron chi connectivity index (χ1n) is 2.27. The molecule has 8 heavy (non-hydrogen) atoms. The molecular weight excluding hydrogens is 108 g/mol. The van der Waals surface area contributed by atoms with E-state index in [4.69, 9.17) is 0 Å². The van der Waals surface area contributed by atoms with Crippen molar-refractivity contribution in [2.45, 2.75) is 6.92 Å². The van der Waals surface area contributed by atoms with Crippen LogP contribution in [-0.2, 0) is 9.63 Å². The molecule has 0 atom stereocenters. The number of carbonyl (C=O) groups is 1. The monoisotopic (exact) mass is 114 g/mol.